The van der Waals surface area contributed by atoms with E-state index in [4.69, 9.17) is 29.9 Å². The van der Waals surface area contributed by atoms with Crippen LogP contribution >= 0.6 is 0 Å². The summed E-state index contributed by atoms with van der Waals surface area (Å²) < 4.78 is 80.8. The number of rotatable bonds is 9. The molecule has 0 aliphatic heterocycles. The Morgan fingerprint density at radius 3 is 1.48 bits per heavy atom. The Morgan fingerprint density at radius 1 is 0.654 bits per heavy atom. The molecule has 0 saturated carbocycles. The fourth-order valence-corrected chi connectivity index (χ4v) is 7.14. The van der Waals surface area contributed by atoms with Gasteiger partial charge in [-0.15, -0.1) is 0 Å². The van der Waals surface area contributed by atoms with Crippen LogP contribution in [0, 0.1) is 10.9 Å². The number of aromatic nitrogens is 2. The summed E-state index contributed by atoms with van der Waals surface area (Å²) in [5.41, 5.74) is 12.8. The number of hydrogen-bond acceptors (Lipinski definition) is 12. The number of phenolic OH excluding ortho intramolecular Hbond substituents is 2. The molecule has 0 bridgehead atoms. The van der Waals surface area contributed by atoms with Crippen molar-refractivity contribution < 1.29 is 67.1 Å². The first kappa shape index (κ1) is 42.6. The van der Waals surface area contributed by atoms with E-state index in [-0.39, 0.29) is 53.4 Å². The van der Waals surface area contributed by atoms with Gasteiger partial charge in [0.2, 0.25) is 0 Å². The van der Waals surface area contributed by atoms with E-state index in [2.05, 4.69) is 19.4 Å². The van der Waals surface area contributed by atoms with Crippen LogP contribution in [-0.4, -0.2) is 50.7 Å². The summed E-state index contributed by atoms with van der Waals surface area (Å²) in [6.45, 7) is 2.34. The molecule has 6 aromatic rings. The average molecular weight is 831 g/mol. The predicted octanol–water partition coefficient (Wildman–Crippen LogP) is 5.68. The Hall–Kier alpha value is -5.57. The van der Waals surface area contributed by atoms with Gasteiger partial charge in [-0.25, -0.2) is 16.8 Å². The summed E-state index contributed by atoms with van der Waals surface area (Å²) in [4.78, 5) is 8.15. The van der Waals surface area contributed by atoms with Gasteiger partial charge >= 0.3 is 20.5 Å². The summed E-state index contributed by atoms with van der Waals surface area (Å²) in [5, 5.41) is 20.4. The second kappa shape index (κ2) is 19.7. The van der Waals surface area contributed by atoms with Crippen LogP contribution in [0.15, 0.2) is 119 Å². The number of ether oxygens (including phenoxy) is 2. The van der Waals surface area contributed by atoms with Crippen LogP contribution in [0.1, 0.15) is 6.92 Å². The van der Waals surface area contributed by atoms with E-state index in [0.29, 0.717) is 40.3 Å². The molecule has 0 aliphatic carbocycles. The second-order valence-corrected chi connectivity index (χ2v) is 13.2. The molecule has 4 N–H and O–H groups in total. The zero-order chi connectivity index (χ0) is 37.6. The van der Waals surface area contributed by atoms with Crippen molar-refractivity contribution >= 4 is 53.2 Å². The molecule has 2 aromatic heterocycles. The number of para-hydroxylation sites is 2. The van der Waals surface area contributed by atoms with E-state index in [1.807, 2.05) is 6.92 Å². The number of anilines is 2. The Morgan fingerprint density at radius 2 is 1.06 bits per heavy atom. The molecule has 0 fully saturated rings. The average Bonchev–Trinajstić information content (AvgIpc) is 3.13. The Labute approximate surface area is 312 Å². The summed E-state index contributed by atoms with van der Waals surface area (Å²) in [7, 11) is -6.18. The molecule has 268 valence electrons. The van der Waals surface area contributed by atoms with Crippen LogP contribution in [0.25, 0.3) is 21.8 Å². The summed E-state index contributed by atoms with van der Waals surface area (Å²) in [5.74, 6) is 0.987. The van der Waals surface area contributed by atoms with Gasteiger partial charge in [0.25, 0.3) is 20.0 Å². The third kappa shape index (κ3) is 10.5. The van der Waals surface area contributed by atoms with Gasteiger partial charge in [-0.1, -0.05) is 36.4 Å². The van der Waals surface area contributed by atoms with Crippen molar-refractivity contribution in [2.75, 3.05) is 23.2 Å². The fourth-order valence-electron chi connectivity index (χ4n) is 4.66. The number of pyridine rings is 2. The summed E-state index contributed by atoms with van der Waals surface area (Å²) >= 11 is 0. The van der Waals surface area contributed by atoms with E-state index >= 15 is 0 Å². The molecule has 2 heterocycles. The molecule has 0 spiro atoms. The number of benzene rings is 4. The molecule has 0 aliphatic rings. The van der Waals surface area contributed by atoms with Crippen molar-refractivity contribution in [1.82, 2.24) is 9.97 Å². The van der Waals surface area contributed by atoms with Crippen molar-refractivity contribution in [2.24, 2.45) is 0 Å². The zero-order valence-corrected chi connectivity index (χ0v) is 30.9. The molecule has 0 saturated heterocycles. The van der Waals surface area contributed by atoms with Gasteiger partial charge in [0.15, 0.2) is 0 Å². The smallest absolute Gasteiger partial charge is 0 e. The van der Waals surface area contributed by atoms with Gasteiger partial charge in [-0.05, 0) is 55.5 Å². The molecule has 0 amide bonds. The minimum atomic E-state index is -3.85. The van der Waals surface area contributed by atoms with Crippen LogP contribution < -0.4 is 18.9 Å². The van der Waals surface area contributed by atoms with E-state index in [0.717, 1.165) is 0 Å². The molecular weight excluding hydrogens is 800 g/mol. The minimum absolute atomic E-state index is 0. The third-order valence-corrected chi connectivity index (χ3v) is 9.60. The minimum Gasteiger partial charge on any atom is 0 e. The standard InChI is InChI=1S/C17H16N2O4S.C16H14N2O4S.Mo.2NO/c1-2-23-13-6-3-5-12(11-13)19-24(21,22)16-9-10-18-17-14(16)7-4-8-15(17)20;1-22-12-5-2-4-11(10-12)18-23(20,21)15-8-9-17-16-13(15)6-3-7-14(16)19;;2*1-2/h3-11,19-20H,2H2,1H3;2-10,18-19H,1H3;;;/q;;;2*+1. The molecule has 52 heavy (non-hydrogen) atoms. The quantitative estimate of drug-likeness (QED) is 0.101. The van der Waals surface area contributed by atoms with Gasteiger partial charge in [0.1, 0.15) is 34.0 Å². The number of nitrogens with one attached hydrogen (secondary N) is 2. The number of sulfonamides is 2. The molecule has 4 aromatic carbocycles. The largest absolute Gasteiger partial charge is 0 e. The summed E-state index contributed by atoms with van der Waals surface area (Å²) in [6, 6.07) is 25.4. The topological polar surface area (TPSA) is 264 Å². The second-order valence-electron chi connectivity index (χ2n) is 9.87. The maximum absolute atomic E-state index is 12.7. The predicted molar refractivity (Wildman–Crippen MR) is 184 cm³/mol. The molecule has 0 atom stereocenters. The van der Waals surface area contributed by atoms with E-state index in [1.54, 1.807) is 72.8 Å². The molecule has 0 unspecified atom stereocenters. The van der Waals surface area contributed by atoms with Crippen LogP contribution in [-0.2, 0) is 50.7 Å². The van der Waals surface area contributed by atoms with Gasteiger partial charge < -0.3 is 19.7 Å². The summed E-state index contributed by atoms with van der Waals surface area (Å²) in [6.07, 6.45) is 2.70. The molecule has 6 rings (SSSR count). The van der Waals surface area contributed by atoms with Gasteiger partial charge in [0.05, 0.1) is 34.9 Å². The molecule has 16 nitrogen and oxygen atoms in total. The van der Waals surface area contributed by atoms with Crippen LogP contribution in [0.4, 0.5) is 11.4 Å². The van der Waals surface area contributed by atoms with E-state index < -0.39 is 20.0 Å². The fraction of sp³-hybridized carbons (Fsp3) is 0.0909. The number of nitrogens with zero attached hydrogens (tertiary/aromatic N) is 4. The van der Waals surface area contributed by atoms with Gasteiger partial charge in [-0.2, -0.15) is 0 Å². The third-order valence-electron chi connectivity index (χ3n) is 6.72. The Bertz CT molecular complexity index is 2390. The first-order valence-corrected chi connectivity index (χ1v) is 17.4. The van der Waals surface area contributed by atoms with Crippen molar-refractivity contribution in [2.45, 2.75) is 16.7 Å². The van der Waals surface area contributed by atoms with Crippen molar-refractivity contribution in [3.05, 3.63) is 109 Å². The first-order chi connectivity index (χ1) is 24.5. The maximum Gasteiger partial charge on any atom is 0 e. The van der Waals surface area contributed by atoms with Gasteiger partial charge in [-0.3, -0.25) is 19.4 Å². The number of phenols is 2. The first-order valence-electron chi connectivity index (χ1n) is 14.4. The zero-order valence-electron chi connectivity index (χ0n) is 27.3. The van der Waals surface area contributed by atoms with Gasteiger partial charge in [0, 0.05) is 56.4 Å². The molecular formula is C33H30MoN6O10S2+2. The number of fused-ring (bicyclic) bond motifs is 2. The molecule has 19 heteroatoms. The Kier molecular flexibility index (Phi) is 16.2. The van der Waals surface area contributed by atoms with Crippen molar-refractivity contribution in [3.8, 4) is 23.0 Å². The van der Waals surface area contributed by atoms with E-state index in [1.165, 1.54) is 43.8 Å². The van der Waals surface area contributed by atoms with Crippen molar-refractivity contribution in [3.63, 3.8) is 0 Å². The van der Waals surface area contributed by atoms with Crippen LogP contribution in [0.3, 0.4) is 0 Å². The normalized spacial score (nSPS) is 10.3. The monoisotopic (exact) mass is 832 g/mol. The molecule has 0 radical (unpaired) electrons. The number of methoxy groups -OCH3 is 1. The Balaban J connectivity index is 0.000000323. The number of aromatic hydroxyl groups is 2. The van der Waals surface area contributed by atoms with Crippen molar-refractivity contribution in [1.29, 1.82) is 10.9 Å². The van der Waals surface area contributed by atoms with E-state index in [9.17, 15) is 27.0 Å². The van der Waals surface area contributed by atoms with Crippen LogP contribution in [0.5, 0.6) is 23.0 Å². The maximum atomic E-state index is 12.7. The number of hydrogen-bond donors (Lipinski definition) is 4. The van der Waals surface area contributed by atoms with Crippen LogP contribution in [0.2, 0.25) is 0 Å². The SMILES string of the molecule is CCOc1cccc(NS(=O)(=O)c2ccnc3c(O)cccc23)c1.COc1cccc(NS(=O)(=O)c2ccnc3c(O)cccc23)c1.N#[O+].N#[O+].[Mo].